The molecule has 1 aromatic heterocycles. The molecule has 6 heteroatoms. The summed E-state index contributed by atoms with van der Waals surface area (Å²) in [6.45, 7) is 1.33. The van der Waals surface area contributed by atoms with Gasteiger partial charge in [-0.1, -0.05) is 18.2 Å². The van der Waals surface area contributed by atoms with Crippen molar-refractivity contribution in [2.24, 2.45) is 7.05 Å². The normalized spacial score (nSPS) is 23.4. The van der Waals surface area contributed by atoms with E-state index >= 15 is 0 Å². The Morgan fingerprint density at radius 2 is 1.87 bits per heavy atom. The molecule has 2 atom stereocenters. The molecule has 4 rings (SSSR count). The quantitative estimate of drug-likeness (QED) is 0.825. The van der Waals surface area contributed by atoms with Crippen LogP contribution in [0, 0.1) is 0 Å². The molecule has 23 heavy (non-hydrogen) atoms. The van der Waals surface area contributed by atoms with E-state index in [1.807, 2.05) is 23.1 Å². The van der Waals surface area contributed by atoms with Crippen LogP contribution < -0.4 is 5.56 Å². The summed E-state index contributed by atoms with van der Waals surface area (Å²) in [5, 5.41) is 5.69. The maximum Gasteiger partial charge on any atom is 0.274 e. The van der Waals surface area contributed by atoms with Crippen LogP contribution in [-0.2, 0) is 23.0 Å². The molecule has 3 heterocycles. The van der Waals surface area contributed by atoms with E-state index in [1.54, 1.807) is 13.1 Å². The van der Waals surface area contributed by atoms with Crippen molar-refractivity contribution in [1.29, 1.82) is 0 Å². The lowest BCUT2D eigenvalue weighted by Gasteiger charge is -2.32. The van der Waals surface area contributed by atoms with Gasteiger partial charge in [-0.2, -0.15) is 5.10 Å². The molecule has 1 aromatic carbocycles. The van der Waals surface area contributed by atoms with Crippen molar-refractivity contribution >= 4 is 16.7 Å². The Bertz CT molecular complexity index is 817. The number of aromatic nitrogens is 2. The number of carbonyl (C=O) groups is 1. The number of fused-ring (bicyclic) bond motifs is 3. The molecule has 120 valence electrons. The molecule has 0 aliphatic carbocycles. The van der Waals surface area contributed by atoms with E-state index in [2.05, 4.69) is 5.10 Å². The Morgan fingerprint density at radius 3 is 2.57 bits per heavy atom. The Balaban J connectivity index is 1.64. The van der Waals surface area contributed by atoms with E-state index in [1.165, 1.54) is 4.68 Å². The average molecular weight is 313 g/mol. The minimum Gasteiger partial charge on any atom is -0.371 e. The number of carbonyl (C=O) groups excluding carboxylic acids is 1. The summed E-state index contributed by atoms with van der Waals surface area (Å²) in [5.41, 5.74) is 0.521. The number of amides is 1. The van der Waals surface area contributed by atoms with Crippen LogP contribution in [0.15, 0.2) is 29.1 Å². The monoisotopic (exact) mass is 313 g/mol. The zero-order chi connectivity index (χ0) is 16.0. The van der Waals surface area contributed by atoms with Gasteiger partial charge in [0.2, 0.25) is 5.91 Å². The van der Waals surface area contributed by atoms with Crippen molar-refractivity contribution in [1.82, 2.24) is 14.7 Å². The van der Waals surface area contributed by atoms with Crippen molar-refractivity contribution < 1.29 is 9.53 Å². The highest BCUT2D eigenvalue weighted by atomic mass is 16.5. The fourth-order valence-corrected chi connectivity index (χ4v) is 3.58. The van der Waals surface area contributed by atoms with E-state index in [-0.39, 0.29) is 30.1 Å². The van der Waals surface area contributed by atoms with Gasteiger partial charge in [0.05, 0.1) is 29.7 Å². The molecule has 2 aliphatic rings. The van der Waals surface area contributed by atoms with Gasteiger partial charge >= 0.3 is 0 Å². The van der Waals surface area contributed by atoms with Crippen LogP contribution in [0.2, 0.25) is 0 Å². The molecule has 6 nitrogen and oxygen atoms in total. The minimum absolute atomic E-state index is 0.0569. The Labute approximate surface area is 133 Å². The fourth-order valence-electron chi connectivity index (χ4n) is 3.58. The van der Waals surface area contributed by atoms with Gasteiger partial charge in [0, 0.05) is 25.5 Å². The zero-order valence-corrected chi connectivity index (χ0v) is 13.1. The predicted octanol–water partition coefficient (Wildman–Crippen LogP) is 0.866. The lowest BCUT2D eigenvalue weighted by Crippen LogP contribution is -2.46. The van der Waals surface area contributed by atoms with E-state index in [4.69, 9.17) is 4.74 Å². The molecule has 0 radical (unpaired) electrons. The maximum absolute atomic E-state index is 12.7. The second-order valence-corrected chi connectivity index (χ2v) is 6.35. The average Bonchev–Trinajstić information content (AvgIpc) is 2.90. The van der Waals surface area contributed by atoms with E-state index in [0.717, 1.165) is 18.2 Å². The van der Waals surface area contributed by atoms with Crippen molar-refractivity contribution in [2.75, 3.05) is 13.1 Å². The summed E-state index contributed by atoms with van der Waals surface area (Å²) < 4.78 is 7.09. The number of benzene rings is 1. The SMILES string of the molecule is Cn1nc(CC(=O)N2CC3CCC(C2)O3)c2ccccc2c1=O. The molecule has 0 spiro atoms. The van der Waals surface area contributed by atoms with Gasteiger partial charge in [0.15, 0.2) is 0 Å². The van der Waals surface area contributed by atoms with Crippen molar-refractivity contribution in [3.63, 3.8) is 0 Å². The molecular formula is C17H19N3O3. The number of aryl methyl sites for hydroxylation is 1. The summed E-state index contributed by atoms with van der Waals surface area (Å²) in [5.74, 6) is 0.0569. The lowest BCUT2D eigenvalue weighted by molar-refractivity contribution is -0.139. The fraction of sp³-hybridized carbons (Fsp3) is 0.471. The second kappa shape index (κ2) is 5.45. The third kappa shape index (κ3) is 2.53. The molecule has 2 bridgehead atoms. The van der Waals surface area contributed by atoms with E-state index in [9.17, 15) is 9.59 Å². The predicted molar refractivity (Wildman–Crippen MR) is 85.2 cm³/mol. The number of morpholine rings is 1. The molecule has 0 saturated carbocycles. The van der Waals surface area contributed by atoms with Gasteiger partial charge in [0.25, 0.3) is 5.56 Å². The van der Waals surface area contributed by atoms with Crippen molar-refractivity contribution in [3.8, 4) is 0 Å². The molecule has 2 fully saturated rings. The summed E-state index contributed by atoms with van der Waals surface area (Å²) in [6.07, 6.45) is 2.66. The molecule has 1 amide bonds. The second-order valence-electron chi connectivity index (χ2n) is 6.35. The molecule has 2 aliphatic heterocycles. The van der Waals surface area contributed by atoms with Gasteiger partial charge in [0.1, 0.15) is 0 Å². The molecule has 0 N–H and O–H groups in total. The van der Waals surface area contributed by atoms with Gasteiger partial charge in [-0.05, 0) is 18.9 Å². The summed E-state index contributed by atoms with van der Waals surface area (Å²) >= 11 is 0. The highest BCUT2D eigenvalue weighted by Crippen LogP contribution is 2.26. The van der Waals surface area contributed by atoms with Gasteiger partial charge in [-0.15, -0.1) is 0 Å². The number of hydrogen-bond acceptors (Lipinski definition) is 4. The van der Waals surface area contributed by atoms with Crippen LogP contribution >= 0.6 is 0 Å². The minimum atomic E-state index is -0.138. The molecule has 2 unspecified atom stereocenters. The first-order chi connectivity index (χ1) is 11.1. The highest BCUT2D eigenvalue weighted by molar-refractivity contribution is 5.88. The Morgan fingerprint density at radius 1 is 1.22 bits per heavy atom. The standard InChI is InChI=1S/C17H19N3O3/c1-19-17(22)14-5-3-2-4-13(14)15(18-19)8-16(21)20-9-11-6-7-12(10-20)23-11/h2-5,11-12H,6-10H2,1H3. The van der Waals surface area contributed by atoms with Crippen LogP contribution in [-0.4, -0.2) is 45.9 Å². The number of likely N-dealkylation sites (tertiary alicyclic amines) is 1. The summed E-state index contributed by atoms with van der Waals surface area (Å²) in [6, 6.07) is 7.33. The summed E-state index contributed by atoms with van der Waals surface area (Å²) in [4.78, 5) is 26.7. The smallest absolute Gasteiger partial charge is 0.274 e. The van der Waals surface area contributed by atoms with E-state index < -0.39 is 0 Å². The van der Waals surface area contributed by atoms with Crippen LogP contribution in [0.25, 0.3) is 10.8 Å². The van der Waals surface area contributed by atoms with Crippen molar-refractivity contribution in [3.05, 3.63) is 40.3 Å². The van der Waals surface area contributed by atoms with Crippen LogP contribution in [0.3, 0.4) is 0 Å². The van der Waals surface area contributed by atoms with Crippen LogP contribution in [0.1, 0.15) is 18.5 Å². The number of rotatable bonds is 2. The number of nitrogens with zero attached hydrogens (tertiary/aromatic N) is 3. The zero-order valence-electron chi connectivity index (χ0n) is 13.1. The lowest BCUT2D eigenvalue weighted by atomic mass is 10.1. The Hall–Kier alpha value is -2.21. The van der Waals surface area contributed by atoms with Crippen molar-refractivity contribution in [2.45, 2.75) is 31.5 Å². The number of hydrogen-bond donors (Lipinski definition) is 0. The first-order valence-electron chi connectivity index (χ1n) is 8.00. The third-order valence-corrected chi connectivity index (χ3v) is 4.75. The van der Waals surface area contributed by atoms with Gasteiger partial charge in [-0.3, -0.25) is 9.59 Å². The van der Waals surface area contributed by atoms with E-state index in [0.29, 0.717) is 24.2 Å². The topological polar surface area (TPSA) is 64.4 Å². The molecule has 2 aromatic rings. The van der Waals surface area contributed by atoms with Gasteiger partial charge in [-0.25, -0.2) is 4.68 Å². The Kier molecular flexibility index (Phi) is 3.41. The first kappa shape index (κ1) is 14.4. The summed E-state index contributed by atoms with van der Waals surface area (Å²) in [7, 11) is 1.62. The maximum atomic E-state index is 12.7. The van der Waals surface area contributed by atoms with Crippen LogP contribution in [0.5, 0.6) is 0 Å². The third-order valence-electron chi connectivity index (χ3n) is 4.75. The molecular weight excluding hydrogens is 294 g/mol. The van der Waals surface area contributed by atoms with Crippen LogP contribution in [0.4, 0.5) is 0 Å². The number of ether oxygens (including phenoxy) is 1. The van der Waals surface area contributed by atoms with Gasteiger partial charge < -0.3 is 9.64 Å². The first-order valence-corrected chi connectivity index (χ1v) is 8.00. The largest absolute Gasteiger partial charge is 0.371 e. The highest BCUT2D eigenvalue weighted by Gasteiger charge is 2.35. The molecule has 2 saturated heterocycles.